The molecule has 0 aliphatic heterocycles. The third kappa shape index (κ3) is 7.13. The lowest BCUT2D eigenvalue weighted by molar-refractivity contribution is -0.131. The summed E-state index contributed by atoms with van der Waals surface area (Å²) in [5.41, 5.74) is 0. The Morgan fingerprint density at radius 2 is 2.17 bits per heavy atom. The van der Waals surface area contributed by atoms with E-state index in [-0.39, 0.29) is 23.9 Å². The summed E-state index contributed by atoms with van der Waals surface area (Å²) in [6, 6.07) is 5.95. The van der Waals surface area contributed by atoms with E-state index in [1.165, 1.54) is 12.1 Å². The predicted octanol–water partition coefficient (Wildman–Crippen LogP) is 1.72. The minimum Gasteiger partial charge on any atom is -0.368 e. The molecule has 1 amide bonds. The second kappa shape index (κ2) is 9.67. The monoisotopic (exact) mass is 360 g/mol. The van der Waals surface area contributed by atoms with Crippen molar-refractivity contribution in [3.8, 4) is 0 Å². The van der Waals surface area contributed by atoms with Crippen LogP contribution in [0.2, 0.25) is 5.02 Å². The SMILES string of the molecule is C=CCCOC(C)C(=O)NCCNS(=O)(=O)c1cccc(Cl)c1. The fourth-order valence-electron chi connectivity index (χ4n) is 1.64. The van der Waals surface area contributed by atoms with Gasteiger partial charge in [-0.25, -0.2) is 13.1 Å². The number of ether oxygens (including phenoxy) is 1. The Bertz CT molecular complexity index is 634. The second-order valence-corrected chi connectivity index (χ2v) is 6.94. The lowest BCUT2D eigenvalue weighted by Gasteiger charge is -2.13. The molecule has 1 aromatic carbocycles. The van der Waals surface area contributed by atoms with Gasteiger partial charge in [-0.15, -0.1) is 6.58 Å². The molecule has 1 atom stereocenters. The molecule has 0 bridgehead atoms. The van der Waals surface area contributed by atoms with E-state index in [1.54, 1.807) is 25.1 Å². The molecular weight excluding hydrogens is 340 g/mol. The van der Waals surface area contributed by atoms with Crippen LogP contribution in [-0.2, 0) is 19.6 Å². The maximum absolute atomic E-state index is 12.0. The summed E-state index contributed by atoms with van der Waals surface area (Å²) in [6.07, 6.45) is 1.77. The molecule has 0 aliphatic carbocycles. The van der Waals surface area contributed by atoms with Crippen molar-refractivity contribution in [2.75, 3.05) is 19.7 Å². The molecule has 1 aromatic rings. The maximum Gasteiger partial charge on any atom is 0.248 e. The zero-order valence-corrected chi connectivity index (χ0v) is 14.5. The lowest BCUT2D eigenvalue weighted by atomic mass is 10.3. The summed E-state index contributed by atoms with van der Waals surface area (Å²) in [7, 11) is -3.65. The number of sulfonamides is 1. The molecule has 128 valence electrons. The Morgan fingerprint density at radius 1 is 1.43 bits per heavy atom. The molecule has 8 heteroatoms. The highest BCUT2D eigenvalue weighted by Crippen LogP contribution is 2.14. The van der Waals surface area contributed by atoms with Gasteiger partial charge in [0.15, 0.2) is 0 Å². The summed E-state index contributed by atoms with van der Waals surface area (Å²) in [4.78, 5) is 11.8. The number of rotatable bonds is 10. The van der Waals surface area contributed by atoms with Crippen molar-refractivity contribution in [2.45, 2.75) is 24.3 Å². The molecule has 1 rings (SSSR count). The van der Waals surface area contributed by atoms with E-state index >= 15 is 0 Å². The van der Waals surface area contributed by atoms with Gasteiger partial charge in [0.1, 0.15) is 6.10 Å². The molecule has 0 heterocycles. The molecule has 6 nitrogen and oxygen atoms in total. The van der Waals surface area contributed by atoms with Crippen molar-refractivity contribution in [3.63, 3.8) is 0 Å². The molecule has 1 unspecified atom stereocenters. The Balaban J connectivity index is 2.36. The number of benzene rings is 1. The molecule has 0 saturated carbocycles. The number of nitrogens with one attached hydrogen (secondary N) is 2. The highest BCUT2D eigenvalue weighted by molar-refractivity contribution is 7.89. The number of hydrogen-bond acceptors (Lipinski definition) is 4. The van der Waals surface area contributed by atoms with E-state index in [0.717, 1.165) is 0 Å². The fraction of sp³-hybridized carbons (Fsp3) is 0.400. The minimum absolute atomic E-state index is 0.0694. The summed E-state index contributed by atoms with van der Waals surface area (Å²) in [5.74, 6) is -0.295. The van der Waals surface area contributed by atoms with E-state index in [0.29, 0.717) is 18.1 Å². The van der Waals surface area contributed by atoms with Crippen molar-refractivity contribution in [1.82, 2.24) is 10.0 Å². The van der Waals surface area contributed by atoms with Gasteiger partial charge in [0.25, 0.3) is 0 Å². The number of carbonyl (C=O) groups excluding carboxylic acids is 1. The predicted molar refractivity (Wildman–Crippen MR) is 89.9 cm³/mol. The average Bonchev–Trinajstić information content (AvgIpc) is 2.51. The Hall–Kier alpha value is -1.41. The smallest absolute Gasteiger partial charge is 0.248 e. The Morgan fingerprint density at radius 3 is 2.83 bits per heavy atom. The van der Waals surface area contributed by atoms with Crippen LogP contribution in [0.3, 0.4) is 0 Å². The van der Waals surface area contributed by atoms with Crippen LogP contribution in [-0.4, -0.2) is 40.1 Å². The van der Waals surface area contributed by atoms with Crippen LogP contribution < -0.4 is 10.0 Å². The van der Waals surface area contributed by atoms with Crippen LogP contribution in [0.1, 0.15) is 13.3 Å². The first-order valence-electron chi connectivity index (χ1n) is 7.12. The molecule has 23 heavy (non-hydrogen) atoms. The van der Waals surface area contributed by atoms with Gasteiger partial charge >= 0.3 is 0 Å². The van der Waals surface area contributed by atoms with E-state index in [9.17, 15) is 13.2 Å². The van der Waals surface area contributed by atoms with Crippen LogP contribution in [0.5, 0.6) is 0 Å². The lowest BCUT2D eigenvalue weighted by Crippen LogP contribution is -2.39. The highest BCUT2D eigenvalue weighted by atomic mass is 35.5. The van der Waals surface area contributed by atoms with Crippen molar-refractivity contribution in [2.24, 2.45) is 0 Å². The second-order valence-electron chi connectivity index (χ2n) is 4.74. The van der Waals surface area contributed by atoms with Gasteiger partial charge in [0.05, 0.1) is 11.5 Å². The zero-order chi connectivity index (χ0) is 17.3. The van der Waals surface area contributed by atoms with Gasteiger partial charge in [0, 0.05) is 18.1 Å². The largest absolute Gasteiger partial charge is 0.368 e. The number of amides is 1. The van der Waals surface area contributed by atoms with Crippen LogP contribution in [0.4, 0.5) is 0 Å². The summed E-state index contributed by atoms with van der Waals surface area (Å²) >= 11 is 5.77. The molecule has 0 radical (unpaired) electrons. The average molecular weight is 361 g/mol. The molecule has 0 saturated heterocycles. The topological polar surface area (TPSA) is 84.5 Å². The van der Waals surface area contributed by atoms with Gasteiger partial charge in [-0.3, -0.25) is 4.79 Å². The molecule has 0 aliphatic rings. The highest BCUT2D eigenvalue weighted by Gasteiger charge is 2.15. The molecule has 0 fully saturated rings. The summed E-state index contributed by atoms with van der Waals surface area (Å²) in [5, 5.41) is 2.94. The third-order valence-corrected chi connectivity index (χ3v) is 4.58. The normalized spacial score (nSPS) is 12.6. The minimum atomic E-state index is -3.65. The summed E-state index contributed by atoms with van der Waals surface area (Å²) < 4.78 is 31.7. The van der Waals surface area contributed by atoms with Crippen LogP contribution in [0.15, 0.2) is 41.8 Å². The first kappa shape index (κ1) is 19.6. The van der Waals surface area contributed by atoms with Gasteiger partial charge in [-0.1, -0.05) is 23.7 Å². The van der Waals surface area contributed by atoms with Crippen molar-refractivity contribution >= 4 is 27.5 Å². The standard InChI is InChI=1S/C15H21ClN2O4S/c1-3-4-10-22-12(2)15(19)17-8-9-18-23(20,21)14-7-5-6-13(16)11-14/h3,5-7,11-12,18H,1,4,8-10H2,2H3,(H,17,19). The quantitative estimate of drug-likeness (QED) is 0.491. The van der Waals surface area contributed by atoms with Gasteiger partial charge in [-0.2, -0.15) is 0 Å². The molecular formula is C15H21ClN2O4S. The van der Waals surface area contributed by atoms with Crippen LogP contribution in [0.25, 0.3) is 0 Å². The van der Waals surface area contributed by atoms with Crippen molar-refractivity contribution in [3.05, 3.63) is 41.9 Å². The number of carbonyl (C=O) groups is 1. The number of halogens is 1. The van der Waals surface area contributed by atoms with E-state index in [1.807, 2.05) is 0 Å². The van der Waals surface area contributed by atoms with Crippen LogP contribution in [0, 0.1) is 0 Å². The maximum atomic E-state index is 12.0. The van der Waals surface area contributed by atoms with Crippen molar-refractivity contribution in [1.29, 1.82) is 0 Å². The van der Waals surface area contributed by atoms with Gasteiger partial charge in [-0.05, 0) is 31.5 Å². The van der Waals surface area contributed by atoms with E-state index in [4.69, 9.17) is 16.3 Å². The zero-order valence-electron chi connectivity index (χ0n) is 12.9. The molecule has 0 spiro atoms. The first-order valence-corrected chi connectivity index (χ1v) is 8.98. The fourth-order valence-corrected chi connectivity index (χ4v) is 2.97. The van der Waals surface area contributed by atoms with Gasteiger partial charge in [0.2, 0.25) is 15.9 Å². The molecule has 0 aromatic heterocycles. The van der Waals surface area contributed by atoms with Crippen molar-refractivity contribution < 1.29 is 17.9 Å². The Labute approximate surface area is 141 Å². The van der Waals surface area contributed by atoms with Gasteiger partial charge < -0.3 is 10.1 Å². The number of hydrogen-bond donors (Lipinski definition) is 2. The molecule has 2 N–H and O–H groups in total. The summed E-state index contributed by atoms with van der Waals surface area (Å²) in [6.45, 7) is 5.84. The van der Waals surface area contributed by atoms with E-state index in [2.05, 4.69) is 16.6 Å². The first-order chi connectivity index (χ1) is 10.9. The van der Waals surface area contributed by atoms with E-state index < -0.39 is 16.1 Å². The Kier molecular flexibility index (Phi) is 8.25. The third-order valence-electron chi connectivity index (χ3n) is 2.88. The van der Waals surface area contributed by atoms with Crippen LogP contribution >= 0.6 is 11.6 Å².